The quantitative estimate of drug-likeness (QED) is 0.881. The second-order valence-electron chi connectivity index (χ2n) is 4.38. The van der Waals surface area contributed by atoms with E-state index >= 15 is 0 Å². The van der Waals surface area contributed by atoms with Crippen LogP contribution in [-0.4, -0.2) is 5.11 Å². The third-order valence-corrected chi connectivity index (χ3v) is 3.42. The van der Waals surface area contributed by atoms with Crippen LogP contribution in [0.3, 0.4) is 0 Å². The SMILES string of the molecule is C[C@@H](O)c1ccc(OCc2ccc(Cl)cc2Cl)cc1F. The zero-order chi connectivity index (χ0) is 14.7. The molecule has 0 saturated heterocycles. The molecule has 0 fully saturated rings. The number of rotatable bonds is 4. The van der Waals surface area contributed by atoms with Crippen LogP contribution in [0.1, 0.15) is 24.2 Å². The lowest BCUT2D eigenvalue weighted by Crippen LogP contribution is -1.99. The molecule has 2 aromatic carbocycles. The smallest absolute Gasteiger partial charge is 0.132 e. The summed E-state index contributed by atoms with van der Waals surface area (Å²) in [6, 6.07) is 9.44. The van der Waals surface area contributed by atoms with Gasteiger partial charge in [0.15, 0.2) is 0 Å². The van der Waals surface area contributed by atoms with E-state index in [1.54, 1.807) is 24.3 Å². The van der Waals surface area contributed by atoms with Crippen LogP contribution in [0, 0.1) is 5.82 Å². The lowest BCUT2D eigenvalue weighted by atomic mass is 10.1. The summed E-state index contributed by atoms with van der Waals surface area (Å²) in [5, 5.41) is 10.4. The van der Waals surface area contributed by atoms with Crippen LogP contribution in [0.2, 0.25) is 10.0 Å². The molecule has 2 nitrogen and oxygen atoms in total. The van der Waals surface area contributed by atoms with Crippen molar-refractivity contribution in [3.05, 3.63) is 63.4 Å². The Labute approximate surface area is 126 Å². The Morgan fingerprint density at radius 2 is 1.95 bits per heavy atom. The first-order valence-corrected chi connectivity index (χ1v) is 6.77. The number of hydrogen-bond donors (Lipinski definition) is 1. The largest absolute Gasteiger partial charge is 0.489 e. The second kappa shape index (κ2) is 6.44. The van der Waals surface area contributed by atoms with Crippen LogP contribution < -0.4 is 4.74 Å². The molecule has 2 rings (SSSR count). The van der Waals surface area contributed by atoms with Gasteiger partial charge in [-0.3, -0.25) is 0 Å². The Morgan fingerprint density at radius 1 is 1.20 bits per heavy atom. The lowest BCUT2D eigenvalue weighted by molar-refractivity contribution is 0.194. The molecule has 0 saturated carbocycles. The molecule has 5 heteroatoms. The molecule has 0 aromatic heterocycles. The van der Waals surface area contributed by atoms with Crippen molar-refractivity contribution >= 4 is 23.2 Å². The van der Waals surface area contributed by atoms with E-state index in [9.17, 15) is 9.50 Å². The summed E-state index contributed by atoms with van der Waals surface area (Å²) in [7, 11) is 0. The fraction of sp³-hybridized carbons (Fsp3) is 0.200. The first kappa shape index (κ1) is 15.1. The first-order chi connectivity index (χ1) is 9.47. The van der Waals surface area contributed by atoms with Crippen LogP contribution in [0.5, 0.6) is 5.75 Å². The fourth-order valence-electron chi connectivity index (χ4n) is 1.74. The molecule has 0 aliphatic rings. The second-order valence-corrected chi connectivity index (χ2v) is 5.23. The standard InChI is InChI=1S/C15H13Cl2FO2/c1-9(19)13-5-4-12(7-15(13)18)20-8-10-2-3-11(16)6-14(10)17/h2-7,9,19H,8H2,1H3/t9-/m1/s1. The molecule has 0 radical (unpaired) electrons. The highest BCUT2D eigenvalue weighted by Gasteiger charge is 2.09. The molecule has 1 atom stereocenters. The number of aliphatic hydroxyl groups is 1. The van der Waals surface area contributed by atoms with E-state index in [2.05, 4.69) is 0 Å². The van der Waals surface area contributed by atoms with Gasteiger partial charge in [-0.25, -0.2) is 4.39 Å². The van der Waals surface area contributed by atoms with Gasteiger partial charge in [0.1, 0.15) is 18.2 Å². The predicted octanol–water partition coefficient (Wildman–Crippen LogP) is 4.76. The van der Waals surface area contributed by atoms with Crippen molar-refractivity contribution < 1.29 is 14.2 Å². The van der Waals surface area contributed by atoms with Gasteiger partial charge in [0.2, 0.25) is 0 Å². The maximum absolute atomic E-state index is 13.7. The summed E-state index contributed by atoms with van der Waals surface area (Å²) < 4.78 is 19.2. The molecule has 0 spiro atoms. The van der Waals surface area contributed by atoms with Crippen molar-refractivity contribution in [1.29, 1.82) is 0 Å². The average Bonchev–Trinajstić information content (AvgIpc) is 2.37. The lowest BCUT2D eigenvalue weighted by Gasteiger charge is -2.11. The zero-order valence-corrected chi connectivity index (χ0v) is 12.2. The number of ether oxygens (including phenoxy) is 1. The highest BCUT2D eigenvalue weighted by Crippen LogP contribution is 2.25. The third-order valence-electron chi connectivity index (χ3n) is 2.83. The van der Waals surface area contributed by atoms with Gasteiger partial charge in [-0.05, 0) is 31.2 Å². The Bertz CT molecular complexity index is 615. The van der Waals surface area contributed by atoms with Gasteiger partial charge >= 0.3 is 0 Å². The van der Waals surface area contributed by atoms with Crippen molar-refractivity contribution in [3.63, 3.8) is 0 Å². The van der Waals surface area contributed by atoms with Crippen molar-refractivity contribution in [1.82, 2.24) is 0 Å². The molecule has 106 valence electrons. The molecule has 20 heavy (non-hydrogen) atoms. The van der Waals surface area contributed by atoms with Crippen molar-refractivity contribution in [2.24, 2.45) is 0 Å². The molecular weight excluding hydrogens is 302 g/mol. The summed E-state index contributed by atoms with van der Waals surface area (Å²) in [5.74, 6) is -0.127. The van der Waals surface area contributed by atoms with E-state index in [4.69, 9.17) is 27.9 Å². The predicted molar refractivity (Wildman–Crippen MR) is 77.8 cm³/mol. The molecule has 0 unspecified atom stereocenters. The van der Waals surface area contributed by atoms with Crippen LogP contribution in [0.15, 0.2) is 36.4 Å². The van der Waals surface area contributed by atoms with Gasteiger partial charge in [0.25, 0.3) is 0 Å². The van der Waals surface area contributed by atoms with Gasteiger partial charge in [-0.15, -0.1) is 0 Å². The number of aliphatic hydroxyl groups excluding tert-OH is 1. The van der Waals surface area contributed by atoms with Crippen LogP contribution >= 0.6 is 23.2 Å². The number of benzene rings is 2. The molecule has 0 amide bonds. The zero-order valence-electron chi connectivity index (χ0n) is 10.7. The molecule has 1 N–H and O–H groups in total. The molecule has 2 aromatic rings. The minimum absolute atomic E-state index is 0.212. The molecule has 0 aliphatic heterocycles. The molecular formula is C15H13Cl2FO2. The van der Waals surface area contributed by atoms with E-state index in [0.717, 1.165) is 5.56 Å². The highest BCUT2D eigenvalue weighted by atomic mass is 35.5. The van der Waals surface area contributed by atoms with E-state index in [-0.39, 0.29) is 12.2 Å². The minimum Gasteiger partial charge on any atom is -0.489 e. The van der Waals surface area contributed by atoms with E-state index in [0.29, 0.717) is 15.8 Å². The third kappa shape index (κ3) is 3.63. The van der Waals surface area contributed by atoms with Crippen molar-refractivity contribution in [2.75, 3.05) is 0 Å². The Balaban J connectivity index is 2.09. The van der Waals surface area contributed by atoms with Crippen LogP contribution in [-0.2, 0) is 6.61 Å². The van der Waals surface area contributed by atoms with Gasteiger partial charge in [-0.1, -0.05) is 29.3 Å². The summed E-state index contributed by atoms with van der Waals surface area (Å²) in [6.07, 6.45) is -0.852. The summed E-state index contributed by atoms with van der Waals surface area (Å²) >= 11 is 11.8. The summed E-state index contributed by atoms with van der Waals surface area (Å²) in [4.78, 5) is 0. The minimum atomic E-state index is -0.852. The van der Waals surface area contributed by atoms with E-state index in [1.165, 1.54) is 19.1 Å². The monoisotopic (exact) mass is 314 g/mol. The number of hydrogen-bond acceptors (Lipinski definition) is 2. The Kier molecular flexibility index (Phi) is 4.86. The maximum atomic E-state index is 13.7. The first-order valence-electron chi connectivity index (χ1n) is 6.01. The Morgan fingerprint density at radius 3 is 2.55 bits per heavy atom. The average molecular weight is 315 g/mol. The summed E-state index contributed by atoms with van der Waals surface area (Å²) in [5.41, 5.74) is 0.998. The van der Waals surface area contributed by atoms with Gasteiger partial charge < -0.3 is 9.84 Å². The topological polar surface area (TPSA) is 29.5 Å². The summed E-state index contributed by atoms with van der Waals surface area (Å²) in [6.45, 7) is 1.72. The fourth-order valence-corrected chi connectivity index (χ4v) is 2.20. The highest BCUT2D eigenvalue weighted by molar-refractivity contribution is 6.35. The maximum Gasteiger partial charge on any atom is 0.132 e. The molecule has 0 bridgehead atoms. The van der Waals surface area contributed by atoms with Crippen molar-refractivity contribution in [3.8, 4) is 5.75 Å². The number of halogens is 3. The van der Waals surface area contributed by atoms with E-state index < -0.39 is 11.9 Å². The van der Waals surface area contributed by atoms with Crippen LogP contribution in [0.4, 0.5) is 4.39 Å². The van der Waals surface area contributed by atoms with E-state index in [1.807, 2.05) is 0 Å². The van der Waals surface area contributed by atoms with Gasteiger partial charge in [0.05, 0.1) is 6.10 Å². The normalized spacial score (nSPS) is 12.2. The van der Waals surface area contributed by atoms with Crippen molar-refractivity contribution in [2.45, 2.75) is 19.6 Å². The molecule has 0 heterocycles. The Hall–Kier alpha value is -1.29. The van der Waals surface area contributed by atoms with Gasteiger partial charge in [0, 0.05) is 27.2 Å². The van der Waals surface area contributed by atoms with Gasteiger partial charge in [-0.2, -0.15) is 0 Å². The van der Waals surface area contributed by atoms with Crippen LogP contribution in [0.25, 0.3) is 0 Å². The molecule has 0 aliphatic carbocycles.